The van der Waals surface area contributed by atoms with Gasteiger partial charge in [-0.1, -0.05) is 24.6 Å². The summed E-state index contributed by atoms with van der Waals surface area (Å²) in [6.45, 7) is 1.57. The third-order valence-corrected chi connectivity index (χ3v) is 3.52. The maximum atomic E-state index is 11.0. The van der Waals surface area contributed by atoms with Crippen molar-refractivity contribution in [1.82, 2.24) is 4.90 Å². The number of benzene rings is 1. The van der Waals surface area contributed by atoms with E-state index in [0.717, 1.165) is 31.4 Å². The van der Waals surface area contributed by atoms with Gasteiger partial charge in [0.2, 0.25) is 0 Å². The van der Waals surface area contributed by atoms with E-state index in [2.05, 4.69) is 4.90 Å². The van der Waals surface area contributed by atoms with E-state index < -0.39 is 0 Å². The Morgan fingerprint density at radius 2 is 2.17 bits per heavy atom. The molecule has 0 aromatic heterocycles. The number of nitro benzene ring substituents is 1. The molecule has 0 amide bonds. The molecule has 98 valence electrons. The first-order valence-corrected chi connectivity index (χ1v) is 6.29. The zero-order chi connectivity index (χ0) is 13.0. The largest absolute Gasteiger partial charge is 0.395 e. The van der Waals surface area contributed by atoms with Crippen LogP contribution in [0.15, 0.2) is 24.3 Å². The van der Waals surface area contributed by atoms with Gasteiger partial charge in [0.1, 0.15) is 0 Å². The SMILES string of the molecule is O=[N+]([O-])c1ccccc1CN1CCCC[C@@H]1CO. The van der Waals surface area contributed by atoms with E-state index in [0.29, 0.717) is 6.54 Å². The highest BCUT2D eigenvalue weighted by atomic mass is 16.6. The third kappa shape index (κ3) is 2.86. The van der Waals surface area contributed by atoms with Crippen molar-refractivity contribution in [2.75, 3.05) is 13.2 Å². The van der Waals surface area contributed by atoms with E-state index in [1.165, 1.54) is 6.07 Å². The number of hydrogen-bond acceptors (Lipinski definition) is 4. The molecular weight excluding hydrogens is 232 g/mol. The molecule has 0 aliphatic carbocycles. The highest BCUT2D eigenvalue weighted by Crippen LogP contribution is 2.24. The zero-order valence-corrected chi connectivity index (χ0v) is 10.3. The standard InChI is InChI=1S/C13H18N2O3/c16-10-12-6-3-4-8-14(12)9-11-5-1-2-7-13(11)15(17)18/h1-2,5,7,12,16H,3-4,6,8-10H2/t12-/m1/s1. The van der Waals surface area contributed by atoms with Crippen molar-refractivity contribution in [2.45, 2.75) is 31.8 Å². The Balaban J connectivity index is 2.15. The predicted octanol–water partition coefficient (Wildman–Crippen LogP) is 1.94. The average molecular weight is 250 g/mol. The number of likely N-dealkylation sites (tertiary alicyclic amines) is 1. The van der Waals surface area contributed by atoms with Gasteiger partial charge < -0.3 is 5.11 Å². The van der Waals surface area contributed by atoms with Crippen LogP contribution in [0.4, 0.5) is 5.69 Å². The van der Waals surface area contributed by atoms with Crippen LogP contribution in [0.5, 0.6) is 0 Å². The molecule has 0 unspecified atom stereocenters. The first-order valence-electron chi connectivity index (χ1n) is 6.29. The summed E-state index contributed by atoms with van der Waals surface area (Å²) in [7, 11) is 0. The smallest absolute Gasteiger partial charge is 0.273 e. The number of para-hydroxylation sites is 1. The first-order chi connectivity index (χ1) is 8.72. The van der Waals surface area contributed by atoms with Crippen LogP contribution in [-0.4, -0.2) is 34.1 Å². The van der Waals surface area contributed by atoms with Crippen LogP contribution < -0.4 is 0 Å². The zero-order valence-electron chi connectivity index (χ0n) is 10.3. The van der Waals surface area contributed by atoms with Crippen LogP contribution >= 0.6 is 0 Å². The number of nitro groups is 1. The molecule has 1 aliphatic rings. The molecule has 1 aromatic rings. The molecule has 0 spiro atoms. The topological polar surface area (TPSA) is 66.6 Å². The number of hydrogen-bond donors (Lipinski definition) is 1. The minimum Gasteiger partial charge on any atom is -0.395 e. The second-order valence-electron chi connectivity index (χ2n) is 4.69. The fraction of sp³-hybridized carbons (Fsp3) is 0.538. The van der Waals surface area contributed by atoms with Gasteiger partial charge in [-0.05, 0) is 19.4 Å². The van der Waals surface area contributed by atoms with Gasteiger partial charge in [-0.2, -0.15) is 0 Å². The number of aliphatic hydroxyl groups is 1. The Kier molecular flexibility index (Phi) is 4.28. The first kappa shape index (κ1) is 13.0. The lowest BCUT2D eigenvalue weighted by molar-refractivity contribution is -0.385. The average Bonchev–Trinajstić information content (AvgIpc) is 2.40. The van der Waals surface area contributed by atoms with Gasteiger partial charge in [-0.15, -0.1) is 0 Å². The molecule has 5 nitrogen and oxygen atoms in total. The van der Waals surface area contributed by atoms with Gasteiger partial charge in [0.15, 0.2) is 0 Å². The lowest BCUT2D eigenvalue weighted by Gasteiger charge is -2.34. The molecule has 1 fully saturated rings. The molecule has 1 N–H and O–H groups in total. The van der Waals surface area contributed by atoms with Crippen LogP contribution in [0.3, 0.4) is 0 Å². The maximum Gasteiger partial charge on any atom is 0.273 e. The molecule has 1 atom stereocenters. The van der Waals surface area contributed by atoms with E-state index in [4.69, 9.17) is 0 Å². The molecule has 1 saturated heterocycles. The maximum absolute atomic E-state index is 11.0. The Bertz CT molecular complexity index is 422. The van der Waals surface area contributed by atoms with Crippen molar-refractivity contribution in [2.24, 2.45) is 0 Å². The minimum absolute atomic E-state index is 0.126. The molecule has 0 radical (unpaired) electrons. The Hall–Kier alpha value is -1.46. The van der Waals surface area contributed by atoms with Gasteiger partial charge >= 0.3 is 0 Å². The van der Waals surface area contributed by atoms with Crippen molar-refractivity contribution >= 4 is 5.69 Å². The normalized spacial score (nSPS) is 20.8. The van der Waals surface area contributed by atoms with Crippen molar-refractivity contribution in [3.05, 3.63) is 39.9 Å². The van der Waals surface area contributed by atoms with Gasteiger partial charge in [0, 0.05) is 24.2 Å². The predicted molar refractivity (Wildman–Crippen MR) is 68.2 cm³/mol. The summed E-state index contributed by atoms with van der Waals surface area (Å²) < 4.78 is 0. The monoisotopic (exact) mass is 250 g/mol. The number of rotatable bonds is 4. The molecule has 1 aliphatic heterocycles. The Morgan fingerprint density at radius 1 is 1.39 bits per heavy atom. The van der Waals surface area contributed by atoms with Crippen LogP contribution in [0.2, 0.25) is 0 Å². The van der Waals surface area contributed by atoms with E-state index >= 15 is 0 Å². The summed E-state index contributed by atoms with van der Waals surface area (Å²) in [6, 6.07) is 6.97. The second-order valence-corrected chi connectivity index (χ2v) is 4.69. The summed E-state index contributed by atoms with van der Waals surface area (Å²) in [5.74, 6) is 0. The van der Waals surface area contributed by atoms with Crippen LogP contribution in [0.25, 0.3) is 0 Å². The summed E-state index contributed by atoms with van der Waals surface area (Å²) in [4.78, 5) is 12.8. The van der Waals surface area contributed by atoms with Crippen LogP contribution in [0.1, 0.15) is 24.8 Å². The molecular formula is C13H18N2O3. The molecule has 1 heterocycles. The Morgan fingerprint density at radius 3 is 2.89 bits per heavy atom. The summed E-state index contributed by atoms with van der Waals surface area (Å²) in [5.41, 5.74) is 0.891. The number of piperidine rings is 1. The Labute approximate surface area is 106 Å². The van der Waals surface area contributed by atoms with Crippen LogP contribution in [-0.2, 0) is 6.54 Å². The van der Waals surface area contributed by atoms with Crippen molar-refractivity contribution in [3.63, 3.8) is 0 Å². The fourth-order valence-electron chi connectivity index (χ4n) is 2.52. The lowest BCUT2D eigenvalue weighted by Crippen LogP contribution is -2.41. The minimum atomic E-state index is -0.340. The highest BCUT2D eigenvalue weighted by Gasteiger charge is 2.24. The molecule has 5 heteroatoms. The summed E-state index contributed by atoms with van der Waals surface area (Å²) in [6.07, 6.45) is 3.19. The van der Waals surface area contributed by atoms with Crippen molar-refractivity contribution in [1.29, 1.82) is 0 Å². The van der Waals surface area contributed by atoms with E-state index in [-0.39, 0.29) is 23.3 Å². The molecule has 2 rings (SSSR count). The van der Waals surface area contributed by atoms with Crippen molar-refractivity contribution < 1.29 is 10.0 Å². The van der Waals surface area contributed by atoms with E-state index in [1.54, 1.807) is 12.1 Å². The summed E-state index contributed by atoms with van der Waals surface area (Å²) in [5, 5.41) is 20.3. The fourth-order valence-corrected chi connectivity index (χ4v) is 2.52. The van der Waals surface area contributed by atoms with Gasteiger partial charge in [-0.25, -0.2) is 0 Å². The van der Waals surface area contributed by atoms with Gasteiger partial charge in [0.05, 0.1) is 11.5 Å². The lowest BCUT2D eigenvalue weighted by atomic mass is 10.0. The summed E-state index contributed by atoms with van der Waals surface area (Å²) >= 11 is 0. The molecule has 0 bridgehead atoms. The quantitative estimate of drug-likeness (QED) is 0.655. The number of nitrogens with zero attached hydrogens (tertiary/aromatic N) is 2. The van der Waals surface area contributed by atoms with E-state index in [1.807, 2.05) is 6.07 Å². The van der Waals surface area contributed by atoms with Crippen LogP contribution in [0, 0.1) is 10.1 Å². The second kappa shape index (κ2) is 5.93. The molecule has 0 saturated carbocycles. The highest BCUT2D eigenvalue weighted by molar-refractivity contribution is 5.39. The molecule has 18 heavy (non-hydrogen) atoms. The third-order valence-electron chi connectivity index (χ3n) is 3.52. The van der Waals surface area contributed by atoms with Crippen molar-refractivity contribution in [3.8, 4) is 0 Å². The molecule has 1 aromatic carbocycles. The van der Waals surface area contributed by atoms with E-state index in [9.17, 15) is 15.2 Å². The number of aliphatic hydroxyl groups excluding tert-OH is 1. The van der Waals surface area contributed by atoms with Gasteiger partial charge in [0.25, 0.3) is 5.69 Å². The van der Waals surface area contributed by atoms with Gasteiger partial charge in [-0.3, -0.25) is 15.0 Å².